The smallest absolute Gasteiger partial charge is 0.251 e. The highest BCUT2D eigenvalue weighted by Gasteiger charge is 2.11. The Morgan fingerprint density at radius 1 is 1.03 bits per heavy atom. The minimum Gasteiger partial charge on any atom is -0.473 e. The number of ether oxygens (including phenoxy) is 1. The van der Waals surface area contributed by atoms with Crippen LogP contribution >= 0.6 is 11.6 Å². The molecule has 35 heavy (non-hydrogen) atoms. The van der Waals surface area contributed by atoms with Crippen LogP contribution in [0, 0.1) is 12.8 Å². The van der Waals surface area contributed by atoms with Gasteiger partial charge in [0, 0.05) is 53.5 Å². The number of nitrogens with zero attached hydrogens (tertiary/aromatic N) is 3. The Hall–Kier alpha value is -3.55. The molecule has 0 aliphatic carbocycles. The summed E-state index contributed by atoms with van der Waals surface area (Å²) in [6.07, 6.45) is 3.42. The van der Waals surface area contributed by atoms with Crippen LogP contribution < -0.4 is 15.6 Å². The molecule has 0 bridgehead atoms. The Bertz CT molecular complexity index is 1340. The SMILES string of the molecule is Cc1ccc(COc2ccc(-c3cc(=O)[nH]c(-c4cc(CNCC(C)C)ccc4Cl)n3)cn2)cn1. The van der Waals surface area contributed by atoms with Crippen LogP contribution in [-0.4, -0.2) is 26.5 Å². The van der Waals surface area contributed by atoms with Gasteiger partial charge < -0.3 is 15.0 Å². The minimum absolute atomic E-state index is 0.267. The van der Waals surface area contributed by atoms with Crippen molar-refractivity contribution >= 4 is 11.6 Å². The first-order valence-electron chi connectivity index (χ1n) is 11.5. The van der Waals surface area contributed by atoms with E-state index in [9.17, 15) is 4.79 Å². The van der Waals surface area contributed by atoms with Gasteiger partial charge >= 0.3 is 0 Å². The molecule has 180 valence electrons. The molecule has 0 saturated heterocycles. The third-order valence-electron chi connectivity index (χ3n) is 5.30. The van der Waals surface area contributed by atoms with Gasteiger partial charge in [0.25, 0.3) is 5.56 Å². The van der Waals surface area contributed by atoms with Gasteiger partial charge in [-0.2, -0.15) is 0 Å². The predicted molar refractivity (Wildman–Crippen MR) is 138 cm³/mol. The van der Waals surface area contributed by atoms with Crippen molar-refractivity contribution in [3.8, 4) is 28.5 Å². The van der Waals surface area contributed by atoms with E-state index in [2.05, 4.69) is 39.1 Å². The van der Waals surface area contributed by atoms with Crippen molar-refractivity contribution in [2.24, 2.45) is 5.92 Å². The van der Waals surface area contributed by atoms with E-state index in [4.69, 9.17) is 16.3 Å². The second-order valence-electron chi connectivity index (χ2n) is 8.80. The Morgan fingerprint density at radius 2 is 1.86 bits per heavy atom. The van der Waals surface area contributed by atoms with E-state index in [1.807, 2.05) is 43.3 Å². The van der Waals surface area contributed by atoms with Crippen molar-refractivity contribution in [1.82, 2.24) is 25.3 Å². The summed E-state index contributed by atoms with van der Waals surface area (Å²) < 4.78 is 5.75. The summed E-state index contributed by atoms with van der Waals surface area (Å²) in [7, 11) is 0. The molecular formula is C27H28ClN5O2. The first-order valence-corrected chi connectivity index (χ1v) is 11.9. The number of H-pyrrole nitrogens is 1. The molecule has 0 fully saturated rings. The number of pyridine rings is 2. The number of rotatable bonds is 9. The quantitative estimate of drug-likeness (QED) is 0.336. The van der Waals surface area contributed by atoms with Crippen LogP contribution in [0.4, 0.5) is 0 Å². The molecule has 3 heterocycles. The maximum absolute atomic E-state index is 12.4. The number of nitrogens with one attached hydrogen (secondary N) is 2. The van der Waals surface area contributed by atoms with E-state index in [0.717, 1.165) is 23.4 Å². The fraction of sp³-hybridized carbons (Fsp3) is 0.259. The molecule has 0 unspecified atom stereocenters. The molecule has 0 aliphatic heterocycles. The van der Waals surface area contributed by atoms with Gasteiger partial charge in [-0.3, -0.25) is 9.78 Å². The Morgan fingerprint density at radius 3 is 2.57 bits per heavy atom. The first-order chi connectivity index (χ1) is 16.9. The van der Waals surface area contributed by atoms with Gasteiger partial charge in [-0.25, -0.2) is 9.97 Å². The Balaban J connectivity index is 1.52. The van der Waals surface area contributed by atoms with E-state index in [1.165, 1.54) is 6.07 Å². The summed E-state index contributed by atoms with van der Waals surface area (Å²) in [5, 5.41) is 3.94. The third-order valence-corrected chi connectivity index (χ3v) is 5.63. The van der Waals surface area contributed by atoms with Crippen LogP contribution in [0.5, 0.6) is 5.88 Å². The number of aromatic amines is 1. The molecule has 4 rings (SSSR count). The normalized spacial score (nSPS) is 11.1. The zero-order valence-corrected chi connectivity index (χ0v) is 20.8. The molecule has 0 saturated carbocycles. The lowest BCUT2D eigenvalue weighted by Gasteiger charge is -2.11. The van der Waals surface area contributed by atoms with Crippen molar-refractivity contribution in [3.05, 3.63) is 93.1 Å². The Kier molecular flexibility index (Phi) is 7.90. The molecule has 4 aromatic rings. The summed E-state index contributed by atoms with van der Waals surface area (Å²) >= 11 is 6.46. The molecule has 3 aromatic heterocycles. The first kappa shape index (κ1) is 24.6. The van der Waals surface area contributed by atoms with Crippen LogP contribution in [-0.2, 0) is 13.2 Å². The number of halogens is 1. The van der Waals surface area contributed by atoms with E-state index < -0.39 is 0 Å². The minimum atomic E-state index is -0.267. The number of aryl methyl sites for hydroxylation is 1. The van der Waals surface area contributed by atoms with Gasteiger partial charge in [-0.15, -0.1) is 0 Å². The Labute approximate surface area is 209 Å². The van der Waals surface area contributed by atoms with Gasteiger partial charge in [-0.05, 0) is 49.2 Å². The molecule has 0 radical (unpaired) electrons. The maximum Gasteiger partial charge on any atom is 0.251 e. The number of hydrogen-bond acceptors (Lipinski definition) is 6. The van der Waals surface area contributed by atoms with Crippen molar-refractivity contribution in [1.29, 1.82) is 0 Å². The molecule has 0 amide bonds. The van der Waals surface area contributed by atoms with Crippen molar-refractivity contribution in [2.45, 2.75) is 33.9 Å². The van der Waals surface area contributed by atoms with Crippen LogP contribution in [0.3, 0.4) is 0 Å². The molecule has 0 atom stereocenters. The zero-order chi connectivity index (χ0) is 24.8. The fourth-order valence-electron chi connectivity index (χ4n) is 3.46. The lowest BCUT2D eigenvalue weighted by atomic mass is 10.1. The summed E-state index contributed by atoms with van der Waals surface area (Å²) in [4.78, 5) is 28.6. The highest BCUT2D eigenvalue weighted by molar-refractivity contribution is 6.33. The lowest BCUT2D eigenvalue weighted by Crippen LogP contribution is -2.19. The van der Waals surface area contributed by atoms with Crippen molar-refractivity contribution < 1.29 is 4.74 Å². The van der Waals surface area contributed by atoms with Gasteiger partial charge in [0.05, 0.1) is 10.7 Å². The number of aromatic nitrogens is 4. The van der Waals surface area contributed by atoms with Crippen molar-refractivity contribution in [2.75, 3.05) is 6.54 Å². The van der Waals surface area contributed by atoms with E-state index in [-0.39, 0.29) is 5.56 Å². The predicted octanol–water partition coefficient (Wildman–Crippen LogP) is 5.18. The molecule has 2 N–H and O–H groups in total. The monoisotopic (exact) mass is 489 g/mol. The second-order valence-corrected chi connectivity index (χ2v) is 9.21. The number of hydrogen-bond donors (Lipinski definition) is 2. The van der Waals surface area contributed by atoms with Gasteiger partial charge in [0.1, 0.15) is 12.4 Å². The van der Waals surface area contributed by atoms with E-state index in [0.29, 0.717) is 52.6 Å². The van der Waals surface area contributed by atoms with Gasteiger partial charge in [0.15, 0.2) is 0 Å². The molecular weight excluding hydrogens is 462 g/mol. The van der Waals surface area contributed by atoms with Crippen LogP contribution in [0.1, 0.15) is 30.7 Å². The van der Waals surface area contributed by atoms with Crippen LogP contribution in [0.15, 0.2) is 65.7 Å². The summed E-state index contributed by atoms with van der Waals surface area (Å²) in [6, 6.07) is 14.7. The highest BCUT2D eigenvalue weighted by atomic mass is 35.5. The van der Waals surface area contributed by atoms with Crippen LogP contribution in [0.2, 0.25) is 5.02 Å². The van der Waals surface area contributed by atoms with Gasteiger partial charge in [-0.1, -0.05) is 37.6 Å². The topological polar surface area (TPSA) is 92.8 Å². The molecule has 7 nitrogen and oxygen atoms in total. The van der Waals surface area contributed by atoms with E-state index in [1.54, 1.807) is 18.5 Å². The van der Waals surface area contributed by atoms with Gasteiger partial charge in [0.2, 0.25) is 5.88 Å². The lowest BCUT2D eigenvalue weighted by molar-refractivity contribution is 0.293. The molecule has 0 spiro atoms. The number of benzene rings is 1. The molecule has 8 heteroatoms. The summed E-state index contributed by atoms with van der Waals surface area (Å²) in [6.45, 7) is 8.25. The van der Waals surface area contributed by atoms with Crippen molar-refractivity contribution in [3.63, 3.8) is 0 Å². The molecule has 0 aliphatic rings. The van der Waals surface area contributed by atoms with E-state index >= 15 is 0 Å². The highest BCUT2D eigenvalue weighted by Crippen LogP contribution is 2.27. The summed E-state index contributed by atoms with van der Waals surface area (Å²) in [5.41, 5.74) is 4.59. The second kappa shape index (κ2) is 11.3. The fourth-order valence-corrected chi connectivity index (χ4v) is 3.67. The van der Waals surface area contributed by atoms with Crippen LogP contribution in [0.25, 0.3) is 22.6 Å². The average molecular weight is 490 g/mol. The zero-order valence-electron chi connectivity index (χ0n) is 20.0. The standard InChI is InChI=1S/C27H28ClN5O2/c1-17(2)12-29-13-19-6-8-23(28)22(10-19)27-32-24(11-25(34)33-27)21-7-9-26(31-15-21)35-16-20-5-4-18(3)30-14-20/h4-11,14-15,17,29H,12-13,16H2,1-3H3,(H,32,33,34). The average Bonchev–Trinajstić information content (AvgIpc) is 2.84. The summed E-state index contributed by atoms with van der Waals surface area (Å²) in [5.74, 6) is 1.45. The largest absolute Gasteiger partial charge is 0.473 e. The maximum atomic E-state index is 12.4. The molecule has 1 aromatic carbocycles. The third kappa shape index (κ3) is 6.74.